The second-order valence-corrected chi connectivity index (χ2v) is 6.92. The first-order chi connectivity index (χ1) is 12.0. The molecule has 1 atom stereocenters. The average molecular weight is 335 g/mol. The van der Waals surface area contributed by atoms with Gasteiger partial charge in [-0.25, -0.2) is 4.98 Å². The number of β-amino-alcohol motifs (C(OH)–C–C–N with tert-alkyl or cyclic N) is 1. The number of aromatic nitrogens is 2. The number of hydrogen-bond acceptors (Lipinski definition) is 3. The zero-order chi connectivity index (χ0) is 17.6. The van der Waals surface area contributed by atoms with Gasteiger partial charge in [-0.15, -0.1) is 0 Å². The maximum absolute atomic E-state index is 12.8. The van der Waals surface area contributed by atoms with Gasteiger partial charge in [-0.05, 0) is 43.0 Å². The van der Waals surface area contributed by atoms with Gasteiger partial charge in [0, 0.05) is 18.9 Å². The number of aliphatic hydroxyl groups is 1. The Morgan fingerprint density at radius 3 is 2.76 bits per heavy atom. The molecule has 1 fully saturated rings. The van der Waals surface area contributed by atoms with Crippen molar-refractivity contribution in [2.75, 3.05) is 13.1 Å². The molecule has 128 valence electrons. The highest BCUT2D eigenvalue weighted by Crippen LogP contribution is 2.34. The highest BCUT2D eigenvalue weighted by Gasteiger charge is 2.41. The summed E-state index contributed by atoms with van der Waals surface area (Å²) in [7, 11) is 0. The van der Waals surface area contributed by atoms with Crippen LogP contribution in [-0.4, -0.2) is 38.4 Å². The fraction of sp³-hybridized carbons (Fsp3) is 0.300. The van der Waals surface area contributed by atoms with Gasteiger partial charge in [0.05, 0.1) is 6.54 Å². The first-order valence-electron chi connectivity index (χ1n) is 8.49. The minimum absolute atomic E-state index is 0.133. The van der Waals surface area contributed by atoms with Crippen LogP contribution in [0, 0.1) is 13.8 Å². The smallest absolute Gasteiger partial charge is 0.274 e. The molecule has 25 heavy (non-hydrogen) atoms. The van der Waals surface area contributed by atoms with E-state index in [2.05, 4.69) is 4.98 Å². The van der Waals surface area contributed by atoms with Crippen LogP contribution in [0.15, 0.2) is 48.8 Å². The number of pyridine rings is 1. The Morgan fingerprint density at radius 1 is 1.16 bits per heavy atom. The van der Waals surface area contributed by atoms with Crippen molar-refractivity contribution in [1.82, 2.24) is 14.3 Å². The summed E-state index contributed by atoms with van der Waals surface area (Å²) in [5.41, 5.74) is 3.23. The number of carbonyl (C=O) groups excluding carboxylic acids is 1. The van der Waals surface area contributed by atoms with Gasteiger partial charge >= 0.3 is 0 Å². The van der Waals surface area contributed by atoms with E-state index >= 15 is 0 Å². The summed E-state index contributed by atoms with van der Waals surface area (Å²) in [6.07, 6.45) is 4.25. The fourth-order valence-electron chi connectivity index (χ4n) is 3.65. The van der Waals surface area contributed by atoms with Crippen molar-refractivity contribution >= 4 is 11.6 Å². The molecule has 5 nitrogen and oxygen atoms in total. The predicted molar refractivity (Wildman–Crippen MR) is 95.5 cm³/mol. The monoisotopic (exact) mass is 335 g/mol. The minimum Gasteiger partial charge on any atom is -0.383 e. The number of nitrogens with zero attached hydrogens (tertiary/aromatic N) is 3. The van der Waals surface area contributed by atoms with Gasteiger partial charge < -0.3 is 14.4 Å². The molecule has 1 N–H and O–H groups in total. The highest BCUT2D eigenvalue weighted by atomic mass is 16.3. The number of carbonyl (C=O) groups is 1. The van der Waals surface area contributed by atoms with Gasteiger partial charge in [-0.2, -0.15) is 0 Å². The summed E-state index contributed by atoms with van der Waals surface area (Å²) >= 11 is 0. The van der Waals surface area contributed by atoms with E-state index in [1.165, 1.54) is 0 Å². The number of benzene rings is 1. The van der Waals surface area contributed by atoms with Crippen LogP contribution in [-0.2, 0) is 5.60 Å². The van der Waals surface area contributed by atoms with Crippen LogP contribution >= 0.6 is 0 Å². The Labute approximate surface area is 146 Å². The molecule has 0 saturated carbocycles. The molecular formula is C20H21N3O2. The molecule has 3 heterocycles. The first-order valence-corrected chi connectivity index (χ1v) is 8.49. The molecule has 1 saturated heterocycles. The van der Waals surface area contributed by atoms with Gasteiger partial charge in [0.25, 0.3) is 5.91 Å². The normalized spacial score (nSPS) is 20.4. The summed E-state index contributed by atoms with van der Waals surface area (Å²) < 4.78 is 1.87. The second kappa shape index (κ2) is 5.70. The summed E-state index contributed by atoms with van der Waals surface area (Å²) in [4.78, 5) is 19.0. The Kier molecular flexibility index (Phi) is 3.62. The molecule has 0 radical (unpaired) electrons. The molecule has 1 aromatic carbocycles. The van der Waals surface area contributed by atoms with Crippen molar-refractivity contribution in [1.29, 1.82) is 0 Å². The van der Waals surface area contributed by atoms with Crippen molar-refractivity contribution in [3.05, 3.63) is 71.2 Å². The van der Waals surface area contributed by atoms with Crippen molar-refractivity contribution in [2.24, 2.45) is 0 Å². The molecule has 1 aliphatic rings. The molecule has 1 aliphatic heterocycles. The van der Waals surface area contributed by atoms with Crippen molar-refractivity contribution in [2.45, 2.75) is 25.9 Å². The Bertz CT molecular complexity index is 962. The first kappa shape index (κ1) is 15.8. The number of rotatable bonds is 2. The summed E-state index contributed by atoms with van der Waals surface area (Å²) in [5.74, 6) is -0.133. The van der Waals surface area contributed by atoms with Crippen molar-refractivity contribution in [3.8, 4) is 0 Å². The average Bonchev–Trinajstić information content (AvgIpc) is 3.18. The third kappa shape index (κ3) is 2.70. The Hall–Kier alpha value is -2.66. The lowest BCUT2D eigenvalue weighted by molar-refractivity contribution is 0.0411. The minimum atomic E-state index is -0.989. The molecule has 0 bridgehead atoms. The molecule has 0 aliphatic carbocycles. The molecule has 0 unspecified atom stereocenters. The molecule has 0 spiro atoms. The lowest BCUT2D eigenvalue weighted by Crippen LogP contribution is -2.35. The Morgan fingerprint density at radius 2 is 1.96 bits per heavy atom. The summed E-state index contributed by atoms with van der Waals surface area (Å²) in [6, 6.07) is 11.7. The van der Waals surface area contributed by atoms with Crippen molar-refractivity contribution < 1.29 is 9.90 Å². The molecule has 2 aromatic heterocycles. The second-order valence-electron chi connectivity index (χ2n) is 6.92. The van der Waals surface area contributed by atoms with Crippen LogP contribution in [0.1, 0.15) is 33.6 Å². The van der Waals surface area contributed by atoms with E-state index in [0.717, 1.165) is 22.3 Å². The molecule has 5 heteroatoms. The standard InChI is InChI=1S/C20H21N3O2/c1-14-7-8-18-21-17(12-23(18)11-14)19(24)22-10-9-20(25,13-22)16-6-4-3-5-15(16)2/h3-8,11-12,25H,9-10,13H2,1-2H3/t20-/m1/s1. The van der Waals surface area contributed by atoms with E-state index in [4.69, 9.17) is 0 Å². The summed E-state index contributed by atoms with van der Waals surface area (Å²) in [6.45, 7) is 4.81. The number of fused-ring (bicyclic) bond motifs is 1. The van der Waals surface area contributed by atoms with E-state index in [1.807, 2.05) is 60.8 Å². The van der Waals surface area contributed by atoms with E-state index in [-0.39, 0.29) is 5.91 Å². The van der Waals surface area contributed by atoms with Gasteiger partial charge in [-0.1, -0.05) is 30.3 Å². The lowest BCUT2D eigenvalue weighted by atomic mass is 9.89. The highest BCUT2D eigenvalue weighted by molar-refractivity contribution is 5.93. The molecular weight excluding hydrogens is 314 g/mol. The van der Waals surface area contributed by atoms with Crippen LogP contribution in [0.2, 0.25) is 0 Å². The number of amides is 1. The van der Waals surface area contributed by atoms with Crippen LogP contribution in [0.5, 0.6) is 0 Å². The number of hydrogen-bond donors (Lipinski definition) is 1. The number of aryl methyl sites for hydroxylation is 2. The zero-order valence-electron chi connectivity index (χ0n) is 14.4. The lowest BCUT2D eigenvalue weighted by Gasteiger charge is -2.25. The quantitative estimate of drug-likeness (QED) is 0.783. The molecule has 1 amide bonds. The molecule has 4 rings (SSSR count). The topological polar surface area (TPSA) is 57.8 Å². The molecule has 3 aromatic rings. The van der Waals surface area contributed by atoms with Gasteiger partial charge in [0.2, 0.25) is 0 Å². The fourth-order valence-corrected chi connectivity index (χ4v) is 3.65. The van der Waals surface area contributed by atoms with Crippen LogP contribution in [0.25, 0.3) is 5.65 Å². The van der Waals surface area contributed by atoms with E-state index < -0.39 is 5.60 Å². The van der Waals surface area contributed by atoms with Gasteiger partial charge in [-0.3, -0.25) is 4.79 Å². The van der Waals surface area contributed by atoms with E-state index in [1.54, 1.807) is 11.1 Å². The zero-order valence-corrected chi connectivity index (χ0v) is 14.4. The number of likely N-dealkylation sites (tertiary alicyclic amines) is 1. The third-order valence-electron chi connectivity index (χ3n) is 5.00. The maximum atomic E-state index is 12.8. The predicted octanol–water partition coefficient (Wildman–Crippen LogP) is 2.68. The van der Waals surface area contributed by atoms with Gasteiger partial charge in [0.15, 0.2) is 0 Å². The van der Waals surface area contributed by atoms with Gasteiger partial charge in [0.1, 0.15) is 16.9 Å². The van der Waals surface area contributed by atoms with E-state index in [9.17, 15) is 9.90 Å². The Balaban J connectivity index is 1.60. The third-order valence-corrected chi connectivity index (χ3v) is 5.00. The van der Waals surface area contributed by atoms with Crippen LogP contribution < -0.4 is 0 Å². The van der Waals surface area contributed by atoms with Crippen LogP contribution in [0.4, 0.5) is 0 Å². The van der Waals surface area contributed by atoms with Crippen molar-refractivity contribution in [3.63, 3.8) is 0 Å². The SMILES string of the molecule is Cc1ccc2nc(C(=O)N3CC[C@](O)(c4ccccc4C)C3)cn2c1. The maximum Gasteiger partial charge on any atom is 0.274 e. The number of imidazole rings is 1. The largest absolute Gasteiger partial charge is 0.383 e. The van der Waals surface area contributed by atoms with E-state index in [0.29, 0.717) is 25.2 Å². The summed E-state index contributed by atoms with van der Waals surface area (Å²) in [5, 5.41) is 11.1. The van der Waals surface area contributed by atoms with Crippen LogP contribution in [0.3, 0.4) is 0 Å².